The molecule has 7 nitrogen and oxygen atoms in total. The quantitative estimate of drug-likeness (QED) is 0.138. The summed E-state index contributed by atoms with van der Waals surface area (Å²) in [6, 6.07) is 21.5. The monoisotopic (exact) mass is 732 g/mol. The van der Waals surface area contributed by atoms with E-state index < -0.39 is 5.97 Å². The maximum absolute atomic E-state index is 12.3. The van der Waals surface area contributed by atoms with Gasteiger partial charge in [-0.2, -0.15) is 23.5 Å². The second kappa shape index (κ2) is 23.5. The number of carboxylic acid groups (broad SMARTS) is 1. The number of nitrogens with one attached hydrogen (secondary N) is 1. The fraction of sp³-hybridized carbons (Fsp3) is 0.659. The zero-order valence-electron chi connectivity index (χ0n) is 27.9. The minimum atomic E-state index is -0.655. The number of aliphatic hydroxyl groups is 2. The molecule has 2 aromatic carbocycles. The molecule has 4 aliphatic carbocycles. The molecule has 0 bridgehead atoms. The summed E-state index contributed by atoms with van der Waals surface area (Å²) in [5.41, 5.74) is 8.63. The average Bonchev–Trinajstić information content (AvgIpc) is 3.99. The van der Waals surface area contributed by atoms with Gasteiger partial charge in [-0.3, -0.25) is 9.59 Å². The van der Waals surface area contributed by atoms with E-state index in [0.717, 1.165) is 87.2 Å². The molecule has 6 rings (SSSR count). The van der Waals surface area contributed by atoms with Gasteiger partial charge in [0.1, 0.15) is 0 Å². The van der Waals surface area contributed by atoms with Crippen LogP contribution in [-0.2, 0) is 21.1 Å². The van der Waals surface area contributed by atoms with Gasteiger partial charge < -0.3 is 26.4 Å². The van der Waals surface area contributed by atoms with Crippen LogP contribution in [-0.4, -0.2) is 63.0 Å². The summed E-state index contributed by atoms with van der Waals surface area (Å²) < 4.78 is 0. The molecule has 284 valence electrons. The SMILES string of the molecule is C.C.C.NC1CCC(O)CC1.O=C(CC1(CSCc2ccccc2)CC1)NC1CCC(O)CC1.O=C(O)CC1(CSCc2ccccc2)CC1. The van der Waals surface area contributed by atoms with Gasteiger partial charge in [-0.1, -0.05) is 82.9 Å². The van der Waals surface area contributed by atoms with Crippen molar-refractivity contribution in [3.8, 4) is 0 Å². The van der Waals surface area contributed by atoms with E-state index in [0.29, 0.717) is 18.9 Å². The van der Waals surface area contributed by atoms with Crippen molar-refractivity contribution in [2.24, 2.45) is 16.6 Å². The van der Waals surface area contributed by atoms with E-state index in [1.807, 2.05) is 47.8 Å². The van der Waals surface area contributed by atoms with Crippen molar-refractivity contribution in [3.63, 3.8) is 0 Å². The van der Waals surface area contributed by atoms with Gasteiger partial charge in [0.25, 0.3) is 0 Å². The number of carbonyl (C=O) groups is 2. The van der Waals surface area contributed by atoms with Crippen LogP contribution >= 0.6 is 23.5 Å². The molecule has 6 N–H and O–H groups in total. The van der Waals surface area contributed by atoms with Gasteiger partial charge in [-0.15, -0.1) is 0 Å². The lowest BCUT2D eigenvalue weighted by Gasteiger charge is -2.27. The number of carboxylic acids is 1. The number of rotatable bonds is 13. The highest BCUT2D eigenvalue weighted by Crippen LogP contribution is 2.52. The third kappa shape index (κ3) is 17.9. The molecule has 0 spiro atoms. The van der Waals surface area contributed by atoms with E-state index in [2.05, 4.69) is 41.7 Å². The minimum Gasteiger partial charge on any atom is -0.481 e. The molecule has 0 aromatic heterocycles. The van der Waals surface area contributed by atoms with E-state index in [9.17, 15) is 14.7 Å². The van der Waals surface area contributed by atoms with Gasteiger partial charge in [-0.25, -0.2) is 0 Å². The predicted octanol–water partition coefficient (Wildman–Crippen LogP) is 8.84. The van der Waals surface area contributed by atoms with Gasteiger partial charge in [0.15, 0.2) is 0 Å². The summed E-state index contributed by atoms with van der Waals surface area (Å²) in [5, 5.41) is 30.5. The van der Waals surface area contributed by atoms with Crippen LogP contribution in [0.3, 0.4) is 0 Å². The molecule has 0 saturated heterocycles. The van der Waals surface area contributed by atoms with Crippen molar-refractivity contribution in [1.29, 1.82) is 0 Å². The van der Waals surface area contributed by atoms with Crippen LogP contribution in [0.4, 0.5) is 0 Å². The van der Waals surface area contributed by atoms with Crippen LogP contribution in [0.25, 0.3) is 0 Å². The van der Waals surface area contributed by atoms with E-state index in [1.54, 1.807) is 0 Å². The summed E-state index contributed by atoms with van der Waals surface area (Å²) >= 11 is 3.81. The van der Waals surface area contributed by atoms with Crippen LogP contribution in [0, 0.1) is 10.8 Å². The second-order valence-electron chi connectivity index (χ2n) is 14.3. The van der Waals surface area contributed by atoms with Crippen LogP contribution in [0.2, 0.25) is 0 Å². The van der Waals surface area contributed by atoms with Gasteiger partial charge in [0, 0.05) is 30.0 Å². The lowest BCUT2D eigenvalue weighted by molar-refractivity contribution is -0.138. The first kappa shape index (κ1) is 46.0. The van der Waals surface area contributed by atoms with Crippen molar-refractivity contribution in [1.82, 2.24) is 5.32 Å². The van der Waals surface area contributed by atoms with Crippen LogP contribution in [0.5, 0.6) is 0 Å². The molecular weight excluding hydrogens is 665 g/mol. The number of aliphatic carboxylic acids is 1. The molecule has 0 aliphatic heterocycles. The summed E-state index contributed by atoms with van der Waals surface area (Å²) in [7, 11) is 0. The molecule has 50 heavy (non-hydrogen) atoms. The van der Waals surface area contributed by atoms with E-state index in [4.69, 9.17) is 15.9 Å². The molecule has 0 atom stereocenters. The highest BCUT2D eigenvalue weighted by Gasteiger charge is 2.45. The first-order chi connectivity index (χ1) is 22.6. The molecule has 9 heteroatoms. The number of hydrogen-bond acceptors (Lipinski definition) is 7. The van der Waals surface area contributed by atoms with Crippen molar-refractivity contribution < 1.29 is 24.9 Å². The highest BCUT2D eigenvalue weighted by molar-refractivity contribution is 7.98. The standard InChI is InChI=1S/C19H27NO2S.C13H16O2S.C6H13NO.3CH4/c21-17-8-6-16(7-9-17)20-18(22)12-19(10-11-19)14-23-13-15-4-2-1-3-5-15;14-12(15)8-13(6-7-13)10-16-9-11-4-2-1-3-5-11;7-5-1-3-6(8)4-2-5;;;/h1-5,16-17,21H,6-14H2,(H,20,22);1-5H,6-10H2,(H,14,15);5-6,8H,1-4,7H2;3*1H4. The summed E-state index contributed by atoms with van der Waals surface area (Å²) in [6.45, 7) is 0. The Hall–Kier alpha value is -2.04. The molecule has 4 fully saturated rings. The van der Waals surface area contributed by atoms with E-state index in [-0.39, 0.29) is 57.3 Å². The molecule has 4 saturated carbocycles. The normalized spacial score (nSPS) is 23.7. The zero-order valence-corrected chi connectivity index (χ0v) is 29.5. The fourth-order valence-corrected chi connectivity index (χ4v) is 8.99. The Morgan fingerprint density at radius 3 is 1.44 bits per heavy atom. The third-order valence-corrected chi connectivity index (χ3v) is 12.5. The first-order valence-electron chi connectivity index (χ1n) is 17.5. The Balaban J connectivity index is 0.000000404. The lowest BCUT2D eigenvalue weighted by atomic mass is 9.92. The Morgan fingerprint density at radius 2 is 1.06 bits per heavy atom. The maximum Gasteiger partial charge on any atom is 0.303 e. The molecule has 0 unspecified atom stereocenters. The Morgan fingerprint density at radius 1 is 0.660 bits per heavy atom. The van der Waals surface area contributed by atoms with E-state index >= 15 is 0 Å². The van der Waals surface area contributed by atoms with E-state index in [1.165, 1.54) is 24.0 Å². The third-order valence-electron chi connectivity index (χ3n) is 9.82. The zero-order chi connectivity index (χ0) is 33.5. The summed E-state index contributed by atoms with van der Waals surface area (Å²) in [4.78, 5) is 23.0. The average molecular weight is 733 g/mol. The Kier molecular flexibility index (Phi) is 21.6. The van der Waals surface area contributed by atoms with Gasteiger partial charge in [0.05, 0.1) is 18.6 Å². The number of amides is 1. The molecule has 1 amide bonds. The van der Waals surface area contributed by atoms with Crippen molar-refractivity contribution >= 4 is 35.4 Å². The molecule has 0 radical (unpaired) electrons. The van der Waals surface area contributed by atoms with Gasteiger partial charge >= 0.3 is 5.97 Å². The largest absolute Gasteiger partial charge is 0.481 e. The predicted molar refractivity (Wildman–Crippen MR) is 214 cm³/mol. The number of carbonyl (C=O) groups excluding carboxylic acids is 1. The van der Waals surface area contributed by atoms with Crippen molar-refractivity contribution in [2.75, 3.05) is 11.5 Å². The number of aliphatic hydroxyl groups excluding tert-OH is 2. The smallest absolute Gasteiger partial charge is 0.303 e. The maximum atomic E-state index is 12.3. The molecule has 2 aromatic rings. The number of hydrogen-bond donors (Lipinski definition) is 5. The number of thioether (sulfide) groups is 2. The van der Waals surface area contributed by atoms with Crippen LogP contribution < -0.4 is 11.1 Å². The summed E-state index contributed by atoms with van der Waals surface area (Å²) in [5.74, 6) is 3.64. The molecular formula is C41H68N2O5S2. The second-order valence-corrected chi connectivity index (χ2v) is 16.3. The number of benzene rings is 2. The van der Waals surface area contributed by atoms with Gasteiger partial charge in [-0.05, 0) is 111 Å². The lowest BCUT2D eigenvalue weighted by Crippen LogP contribution is -2.39. The topological polar surface area (TPSA) is 133 Å². The highest BCUT2D eigenvalue weighted by atomic mass is 32.2. The number of nitrogens with two attached hydrogens (primary N) is 1. The first-order valence-corrected chi connectivity index (χ1v) is 19.8. The fourth-order valence-electron chi connectivity index (χ4n) is 6.28. The van der Waals surface area contributed by atoms with Gasteiger partial charge in [0.2, 0.25) is 5.91 Å². The van der Waals surface area contributed by atoms with Crippen LogP contribution in [0.15, 0.2) is 60.7 Å². The molecule has 0 heterocycles. The van der Waals surface area contributed by atoms with Crippen molar-refractivity contribution in [3.05, 3.63) is 71.8 Å². The summed E-state index contributed by atoms with van der Waals surface area (Å²) in [6.07, 6.45) is 12.6. The van der Waals surface area contributed by atoms with Crippen molar-refractivity contribution in [2.45, 2.75) is 148 Å². The molecule has 4 aliphatic rings. The Bertz CT molecular complexity index is 1180. The van der Waals surface area contributed by atoms with Crippen LogP contribution in [0.1, 0.15) is 123 Å². The minimum absolute atomic E-state index is 0. The Labute approximate surface area is 312 Å².